The average Bonchev–Trinajstić information content (AvgIpc) is 3.17. The minimum Gasteiger partial charge on any atom is -0.393 e. The second-order valence-corrected chi connectivity index (χ2v) is 7.57. The van der Waals surface area contributed by atoms with Gasteiger partial charge in [0.1, 0.15) is 0 Å². The molecule has 1 spiro atoms. The molecule has 0 aromatic carbocycles. The molecule has 5 nitrogen and oxygen atoms in total. The molecule has 0 amide bonds. The van der Waals surface area contributed by atoms with Crippen molar-refractivity contribution in [3.05, 3.63) is 0 Å². The fraction of sp³-hybridized carbons (Fsp3) is 0.941. The maximum Gasteiger partial charge on any atom is 0.193 e. The Kier molecular flexibility index (Phi) is 5.43. The van der Waals surface area contributed by atoms with E-state index < -0.39 is 0 Å². The zero-order valence-electron chi connectivity index (χ0n) is 14.0. The normalized spacial score (nSPS) is 36.5. The van der Waals surface area contributed by atoms with Gasteiger partial charge >= 0.3 is 0 Å². The average molecular weight is 435 g/mol. The second-order valence-electron chi connectivity index (χ2n) is 7.57. The van der Waals surface area contributed by atoms with Gasteiger partial charge < -0.3 is 20.1 Å². The van der Waals surface area contributed by atoms with Crippen molar-refractivity contribution in [1.82, 2.24) is 10.2 Å². The number of hydrogen-bond acceptors (Lipinski definition) is 3. The molecular formula is C17H30IN3O2. The Hall–Kier alpha value is -0.0800. The van der Waals surface area contributed by atoms with Gasteiger partial charge in [0.25, 0.3) is 0 Å². The highest BCUT2D eigenvalue weighted by Gasteiger charge is 2.65. The number of likely N-dealkylation sites (tertiary alicyclic amines) is 1. The SMILES string of the molecule is CN=C(NC1C2CCOC2C12CCCC2)N1CCC(O)CC1.I. The summed E-state index contributed by atoms with van der Waals surface area (Å²) in [4.78, 5) is 6.85. The van der Waals surface area contributed by atoms with E-state index in [9.17, 15) is 5.11 Å². The number of hydrogen-bond donors (Lipinski definition) is 2. The van der Waals surface area contributed by atoms with Gasteiger partial charge in [0.15, 0.2) is 5.96 Å². The van der Waals surface area contributed by atoms with Crippen molar-refractivity contribution in [2.45, 2.75) is 63.2 Å². The van der Waals surface area contributed by atoms with E-state index in [4.69, 9.17) is 4.74 Å². The summed E-state index contributed by atoms with van der Waals surface area (Å²) < 4.78 is 6.07. The summed E-state index contributed by atoms with van der Waals surface area (Å²) in [6.45, 7) is 2.75. The summed E-state index contributed by atoms with van der Waals surface area (Å²) in [7, 11) is 1.88. The van der Waals surface area contributed by atoms with Crippen molar-refractivity contribution in [1.29, 1.82) is 0 Å². The molecule has 4 fully saturated rings. The van der Waals surface area contributed by atoms with Crippen molar-refractivity contribution in [3.63, 3.8) is 0 Å². The van der Waals surface area contributed by atoms with Gasteiger partial charge in [0.2, 0.25) is 0 Å². The molecular weight excluding hydrogens is 405 g/mol. The van der Waals surface area contributed by atoms with Gasteiger partial charge in [-0.15, -0.1) is 24.0 Å². The molecule has 2 heterocycles. The summed E-state index contributed by atoms with van der Waals surface area (Å²) in [6.07, 6.45) is 8.57. The van der Waals surface area contributed by atoms with Crippen molar-refractivity contribution >= 4 is 29.9 Å². The van der Waals surface area contributed by atoms with Gasteiger partial charge in [-0.05, 0) is 32.1 Å². The fourth-order valence-electron chi connectivity index (χ4n) is 5.42. The van der Waals surface area contributed by atoms with Crippen LogP contribution in [0.15, 0.2) is 4.99 Å². The third-order valence-corrected chi connectivity index (χ3v) is 6.55. The first-order valence-corrected chi connectivity index (χ1v) is 9.02. The number of nitrogens with zero attached hydrogens (tertiary/aromatic N) is 2. The molecule has 2 N–H and O–H groups in total. The molecule has 0 radical (unpaired) electrons. The highest BCUT2D eigenvalue weighted by molar-refractivity contribution is 14.0. The molecule has 2 saturated heterocycles. The molecule has 0 bridgehead atoms. The highest BCUT2D eigenvalue weighted by atomic mass is 127. The molecule has 6 heteroatoms. The lowest BCUT2D eigenvalue weighted by atomic mass is 9.54. The molecule has 3 atom stereocenters. The van der Waals surface area contributed by atoms with Crippen LogP contribution in [0.2, 0.25) is 0 Å². The lowest BCUT2D eigenvalue weighted by molar-refractivity contribution is -0.125. The Bertz CT molecular complexity index is 445. The number of ether oxygens (including phenoxy) is 1. The smallest absolute Gasteiger partial charge is 0.193 e. The third kappa shape index (κ3) is 2.88. The molecule has 132 valence electrons. The number of halogens is 1. The van der Waals surface area contributed by atoms with Crippen LogP contribution in [0.4, 0.5) is 0 Å². The molecule has 3 unspecified atom stereocenters. The van der Waals surface area contributed by atoms with E-state index in [1.54, 1.807) is 0 Å². The molecule has 2 saturated carbocycles. The molecule has 2 aliphatic heterocycles. The van der Waals surface area contributed by atoms with E-state index in [0.717, 1.165) is 38.5 Å². The van der Waals surface area contributed by atoms with Crippen LogP contribution in [0.3, 0.4) is 0 Å². The van der Waals surface area contributed by atoms with Crippen molar-refractivity contribution < 1.29 is 9.84 Å². The number of aliphatic hydroxyl groups is 1. The Labute approximate surface area is 156 Å². The van der Waals surface area contributed by atoms with Crippen LogP contribution >= 0.6 is 24.0 Å². The Balaban J connectivity index is 0.00000156. The van der Waals surface area contributed by atoms with Gasteiger partial charge in [0, 0.05) is 44.1 Å². The summed E-state index contributed by atoms with van der Waals surface area (Å²) in [5.74, 6) is 1.71. The minimum absolute atomic E-state index is 0. The van der Waals surface area contributed by atoms with Crippen molar-refractivity contribution in [2.75, 3.05) is 26.7 Å². The first-order chi connectivity index (χ1) is 10.7. The molecule has 0 aromatic rings. The summed E-state index contributed by atoms with van der Waals surface area (Å²) in [5.41, 5.74) is 0.367. The summed E-state index contributed by atoms with van der Waals surface area (Å²) in [5, 5.41) is 13.5. The van der Waals surface area contributed by atoms with Crippen LogP contribution in [-0.4, -0.2) is 61.0 Å². The fourth-order valence-corrected chi connectivity index (χ4v) is 5.42. The number of aliphatic imine (C=N–C) groups is 1. The maximum absolute atomic E-state index is 9.71. The molecule has 0 aromatic heterocycles. The molecule has 4 rings (SSSR count). The van der Waals surface area contributed by atoms with Gasteiger partial charge in [-0.1, -0.05) is 12.8 Å². The van der Waals surface area contributed by atoms with Crippen molar-refractivity contribution in [3.8, 4) is 0 Å². The van der Waals surface area contributed by atoms with Gasteiger partial charge in [0.05, 0.1) is 12.2 Å². The first-order valence-electron chi connectivity index (χ1n) is 9.02. The van der Waals surface area contributed by atoms with E-state index in [1.165, 1.54) is 32.1 Å². The Morgan fingerprint density at radius 1 is 1.22 bits per heavy atom. The number of aliphatic hydroxyl groups excluding tert-OH is 1. The Morgan fingerprint density at radius 3 is 2.57 bits per heavy atom. The zero-order chi connectivity index (χ0) is 15.2. The summed E-state index contributed by atoms with van der Waals surface area (Å²) in [6, 6.07) is 0.535. The topological polar surface area (TPSA) is 57.1 Å². The van der Waals surface area contributed by atoms with E-state index in [-0.39, 0.29) is 30.1 Å². The first kappa shape index (κ1) is 17.7. The quantitative estimate of drug-likeness (QED) is 0.376. The predicted octanol–water partition coefficient (Wildman–Crippen LogP) is 1.98. The second kappa shape index (κ2) is 7.04. The lowest BCUT2D eigenvalue weighted by Crippen LogP contribution is -2.69. The Morgan fingerprint density at radius 2 is 1.91 bits per heavy atom. The van der Waals surface area contributed by atoms with E-state index >= 15 is 0 Å². The number of guanidine groups is 1. The molecule has 2 aliphatic carbocycles. The minimum atomic E-state index is -0.133. The monoisotopic (exact) mass is 435 g/mol. The van der Waals surface area contributed by atoms with Gasteiger partial charge in [-0.3, -0.25) is 4.99 Å². The van der Waals surface area contributed by atoms with Crippen LogP contribution in [0.25, 0.3) is 0 Å². The van der Waals surface area contributed by atoms with Crippen LogP contribution in [0, 0.1) is 11.3 Å². The van der Waals surface area contributed by atoms with Crippen LogP contribution in [0.1, 0.15) is 44.9 Å². The maximum atomic E-state index is 9.71. The van der Waals surface area contributed by atoms with E-state index in [0.29, 0.717) is 23.5 Å². The third-order valence-electron chi connectivity index (χ3n) is 6.55. The molecule has 23 heavy (non-hydrogen) atoms. The molecule has 4 aliphatic rings. The van der Waals surface area contributed by atoms with E-state index in [1.807, 2.05) is 7.05 Å². The van der Waals surface area contributed by atoms with E-state index in [2.05, 4.69) is 15.2 Å². The standard InChI is InChI=1S/C17H29N3O2.HI/c1-18-16(20-9-4-12(21)5-10-20)19-14-13-6-11-22-15(13)17(14)7-2-3-8-17;/h12-15,21H,2-11H2,1H3,(H,18,19);1H. The summed E-state index contributed by atoms with van der Waals surface area (Å²) >= 11 is 0. The number of nitrogens with one attached hydrogen (secondary N) is 1. The number of rotatable bonds is 1. The van der Waals surface area contributed by atoms with Crippen LogP contribution < -0.4 is 5.32 Å². The van der Waals surface area contributed by atoms with Gasteiger partial charge in [-0.25, -0.2) is 0 Å². The number of fused-ring (bicyclic) bond motifs is 2. The van der Waals surface area contributed by atoms with Crippen LogP contribution in [0.5, 0.6) is 0 Å². The highest BCUT2D eigenvalue weighted by Crippen LogP contribution is 2.60. The lowest BCUT2D eigenvalue weighted by Gasteiger charge is -2.57. The predicted molar refractivity (Wildman–Crippen MR) is 101 cm³/mol. The zero-order valence-corrected chi connectivity index (χ0v) is 16.4. The van der Waals surface area contributed by atoms with Gasteiger partial charge in [-0.2, -0.15) is 0 Å². The number of piperidine rings is 1. The van der Waals surface area contributed by atoms with Crippen LogP contribution in [-0.2, 0) is 4.74 Å². The van der Waals surface area contributed by atoms with Crippen molar-refractivity contribution in [2.24, 2.45) is 16.3 Å². The largest absolute Gasteiger partial charge is 0.393 e.